The number of benzene rings is 2. The van der Waals surface area contributed by atoms with Crippen LogP contribution in [-0.2, 0) is 6.42 Å². The van der Waals surface area contributed by atoms with Crippen molar-refractivity contribution >= 4 is 18.3 Å². The Bertz CT molecular complexity index is 766. The van der Waals surface area contributed by atoms with E-state index < -0.39 is 0 Å². The van der Waals surface area contributed by atoms with Crippen LogP contribution in [0.4, 0.5) is 0 Å². The van der Waals surface area contributed by atoms with Gasteiger partial charge in [0.25, 0.3) is 5.91 Å². The highest BCUT2D eigenvalue weighted by Crippen LogP contribution is 2.32. The summed E-state index contributed by atoms with van der Waals surface area (Å²) in [6, 6.07) is 13.0. The quantitative estimate of drug-likeness (QED) is 0.874. The Labute approximate surface area is 146 Å². The number of hydrogen-bond donors (Lipinski definition) is 2. The first-order valence-corrected chi connectivity index (χ1v) is 7.76. The Balaban J connectivity index is 0.00000169. The minimum absolute atomic E-state index is 0. The largest absolute Gasteiger partial charge is 0.486 e. The molecular weight excluding hydrogens is 328 g/mol. The van der Waals surface area contributed by atoms with Gasteiger partial charge in [0.1, 0.15) is 13.2 Å². The maximum absolute atomic E-state index is 12.5. The van der Waals surface area contributed by atoms with Gasteiger partial charge in [-0.2, -0.15) is 0 Å². The van der Waals surface area contributed by atoms with Crippen LogP contribution in [0.5, 0.6) is 11.5 Å². The molecule has 1 aliphatic heterocycles. The summed E-state index contributed by atoms with van der Waals surface area (Å²) in [6.45, 7) is 1.04. The van der Waals surface area contributed by atoms with Gasteiger partial charge in [-0.3, -0.25) is 4.79 Å². The molecule has 6 heteroatoms. The Morgan fingerprint density at radius 1 is 1.08 bits per heavy atom. The van der Waals surface area contributed by atoms with Crippen molar-refractivity contribution < 1.29 is 14.3 Å². The first-order valence-electron chi connectivity index (χ1n) is 7.76. The molecule has 3 N–H and O–H groups in total. The van der Waals surface area contributed by atoms with Gasteiger partial charge in [-0.15, -0.1) is 12.4 Å². The summed E-state index contributed by atoms with van der Waals surface area (Å²) >= 11 is 0. The molecular formula is C18H19ClN2O3. The van der Waals surface area contributed by atoms with Crippen molar-refractivity contribution in [1.82, 2.24) is 5.32 Å². The summed E-state index contributed by atoms with van der Waals surface area (Å²) in [5.74, 6) is 1.15. The number of rotatable bonds is 2. The van der Waals surface area contributed by atoms with Gasteiger partial charge < -0.3 is 20.5 Å². The van der Waals surface area contributed by atoms with Crippen molar-refractivity contribution in [2.45, 2.75) is 18.5 Å². The SMILES string of the molecule is Cl.N[C@H]1c2ccccc2C[C@@H]1NC(=O)c1ccc2c(c1)OCCO2. The summed E-state index contributed by atoms with van der Waals surface area (Å²) in [7, 11) is 0. The number of carbonyl (C=O) groups excluding carboxylic acids is 1. The molecule has 0 spiro atoms. The predicted octanol–water partition coefficient (Wildman–Crippen LogP) is 2.23. The molecule has 0 aromatic heterocycles. The number of hydrogen-bond acceptors (Lipinski definition) is 4. The molecule has 126 valence electrons. The van der Waals surface area contributed by atoms with E-state index >= 15 is 0 Å². The second-order valence-corrected chi connectivity index (χ2v) is 5.87. The summed E-state index contributed by atoms with van der Waals surface area (Å²) in [6.07, 6.45) is 0.758. The van der Waals surface area contributed by atoms with Gasteiger partial charge in [0, 0.05) is 5.56 Å². The van der Waals surface area contributed by atoms with E-state index in [2.05, 4.69) is 11.4 Å². The molecule has 2 aliphatic rings. The van der Waals surface area contributed by atoms with E-state index in [1.165, 1.54) is 5.56 Å². The maximum atomic E-state index is 12.5. The number of amides is 1. The third-order valence-electron chi connectivity index (χ3n) is 4.41. The highest BCUT2D eigenvalue weighted by molar-refractivity contribution is 5.95. The van der Waals surface area contributed by atoms with Crippen LogP contribution in [0.2, 0.25) is 0 Å². The second-order valence-electron chi connectivity index (χ2n) is 5.87. The smallest absolute Gasteiger partial charge is 0.251 e. The molecule has 1 heterocycles. The molecule has 1 amide bonds. The zero-order chi connectivity index (χ0) is 15.8. The molecule has 2 aromatic carbocycles. The standard InChI is InChI=1S/C18H18N2O3.ClH/c19-17-13-4-2-1-3-11(13)9-14(17)20-18(21)12-5-6-15-16(10-12)23-8-7-22-15;/h1-6,10,14,17H,7-9,19H2,(H,20,21);1H/t14-,17-;/m0./s1. The number of nitrogens with two attached hydrogens (primary N) is 1. The van der Waals surface area contributed by atoms with E-state index in [0.717, 1.165) is 12.0 Å². The molecule has 0 bridgehead atoms. The molecule has 0 saturated carbocycles. The summed E-state index contributed by atoms with van der Waals surface area (Å²) in [4.78, 5) is 12.5. The number of nitrogens with one attached hydrogen (secondary N) is 1. The molecule has 0 fully saturated rings. The van der Waals surface area contributed by atoms with E-state index in [9.17, 15) is 4.79 Å². The van der Waals surface area contributed by atoms with Gasteiger partial charge in [-0.1, -0.05) is 24.3 Å². The first-order chi connectivity index (χ1) is 11.2. The van der Waals surface area contributed by atoms with Crippen LogP contribution in [0.3, 0.4) is 0 Å². The van der Waals surface area contributed by atoms with E-state index in [4.69, 9.17) is 15.2 Å². The molecule has 0 radical (unpaired) electrons. The average molecular weight is 347 g/mol. The van der Waals surface area contributed by atoms with Crippen LogP contribution >= 0.6 is 12.4 Å². The topological polar surface area (TPSA) is 73.6 Å². The van der Waals surface area contributed by atoms with Crippen LogP contribution < -0.4 is 20.5 Å². The fourth-order valence-corrected chi connectivity index (χ4v) is 3.20. The van der Waals surface area contributed by atoms with Crippen LogP contribution in [0.1, 0.15) is 27.5 Å². The summed E-state index contributed by atoms with van der Waals surface area (Å²) < 4.78 is 11.0. The molecule has 24 heavy (non-hydrogen) atoms. The lowest BCUT2D eigenvalue weighted by Crippen LogP contribution is -2.40. The Hall–Kier alpha value is -2.24. The molecule has 2 aromatic rings. The maximum Gasteiger partial charge on any atom is 0.251 e. The van der Waals surface area contributed by atoms with Crippen LogP contribution in [0, 0.1) is 0 Å². The van der Waals surface area contributed by atoms with E-state index in [1.54, 1.807) is 18.2 Å². The third kappa shape index (κ3) is 2.92. The molecule has 2 atom stereocenters. The number of fused-ring (bicyclic) bond motifs is 2. The summed E-state index contributed by atoms with van der Waals surface area (Å²) in [5, 5.41) is 3.04. The van der Waals surface area contributed by atoms with Gasteiger partial charge >= 0.3 is 0 Å². The molecule has 0 saturated heterocycles. The molecule has 4 rings (SSSR count). The Kier molecular flexibility index (Phi) is 4.64. The Morgan fingerprint density at radius 2 is 1.83 bits per heavy atom. The monoisotopic (exact) mass is 346 g/mol. The van der Waals surface area contributed by atoms with Crippen molar-refractivity contribution in [3.05, 3.63) is 59.2 Å². The van der Waals surface area contributed by atoms with Gasteiger partial charge in [0.2, 0.25) is 0 Å². The molecule has 5 nitrogen and oxygen atoms in total. The van der Waals surface area contributed by atoms with Gasteiger partial charge in [-0.25, -0.2) is 0 Å². The summed E-state index contributed by atoms with van der Waals surface area (Å²) in [5.41, 5.74) is 9.13. The van der Waals surface area contributed by atoms with Crippen molar-refractivity contribution in [2.75, 3.05) is 13.2 Å². The van der Waals surface area contributed by atoms with Crippen LogP contribution in [0.25, 0.3) is 0 Å². The lowest BCUT2D eigenvalue weighted by atomic mass is 10.1. The Morgan fingerprint density at radius 3 is 2.62 bits per heavy atom. The van der Waals surface area contributed by atoms with Crippen LogP contribution in [0.15, 0.2) is 42.5 Å². The lowest BCUT2D eigenvalue weighted by molar-refractivity contribution is 0.0932. The second kappa shape index (κ2) is 6.71. The van der Waals surface area contributed by atoms with Crippen molar-refractivity contribution in [1.29, 1.82) is 0 Å². The van der Waals surface area contributed by atoms with E-state index in [1.807, 2.05) is 18.2 Å². The molecule has 1 aliphatic carbocycles. The highest BCUT2D eigenvalue weighted by Gasteiger charge is 2.30. The van der Waals surface area contributed by atoms with Crippen molar-refractivity contribution in [3.8, 4) is 11.5 Å². The average Bonchev–Trinajstić information content (AvgIpc) is 2.91. The normalized spacial score (nSPS) is 20.7. The first kappa shape index (κ1) is 16.6. The lowest BCUT2D eigenvalue weighted by Gasteiger charge is -2.20. The minimum atomic E-state index is -0.174. The predicted molar refractivity (Wildman–Crippen MR) is 93.0 cm³/mol. The van der Waals surface area contributed by atoms with Gasteiger partial charge in [0.05, 0.1) is 12.1 Å². The number of halogens is 1. The van der Waals surface area contributed by atoms with Crippen LogP contribution in [-0.4, -0.2) is 25.2 Å². The van der Waals surface area contributed by atoms with Gasteiger partial charge in [0.15, 0.2) is 11.5 Å². The number of carbonyl (C=O) groups is 1. The fraction of sp³-hybridized carbons (Fsp3) is 0.278. The van der Waals surface area contributed by atoms with Gasteiger partial charge in [-0.05, 0) is 35.7 Å². The zero-order valence-electron chi connectivity index (χ0n) is 13.0. The minimum Gasteiger partial charge on any atom is -0.486 e. The molecule has 0 unspecified atom stereocenters. The third-order valence-corrected chi connectivity index (χ3v) is 4.41. The number of ether oxygens (including phenoxy) is 2. The van der Waals surface area contributed by atoms with E-state index in [0.29, 0.717) is 30.3 Å². The van der Waals surface area contributed by atoms with E-state index in [-0.39, 0.29) is 30.4 Å². The fourth-order valence-electron chi connectivity index (χ4n) is 3.20. The van der Waals surface area contributed by atoms with Crippen molar-refractivity contribution in [3.63, 3.8) is 0 Å². The highest BCUT2D eigenvalue weighted by atomic mass is 35.5. The van der Waals surface area contributed by atoms with Crippen molar-refractivity contribution in [2.24, 2.45) is 5.73 Å². The zero-order valence-corrected chi connectivity index (χ0v) is 13.8.